The van der Waals surface area contributed by atoms with Gasteiger partial charge in [-0.05, 0) is 49.2 Å². The molecule has 1 aromatic heterocycles. The maximum Gasteiger partial charge on any atom is 0.323 e. The predicted molar refractivity (Wildman–Crippen MR) is 151 cm³/mol. The lowest BCUT2D eigenvalue weighted by Crippen LogP contribution is -2.35. The molecule has 2 aromatic carbocycles. The minimum Gasteiger partial charge on any atom is -0.497 e. The fraction of sp³-hybridized carbons (Fsp3) is 0.345. The van der Waals surface area contributed by atoms with Gasteiger partial charge in [0.25, 0.3) is 0 Å². The van der Waals surface area contributed by atoms with Gasteiger partial charge in [0.1, 0.15) is 11.5 Å². The molecule has 0 aliphatic rings. The van der Waals surface area contributed by atoms with Crippen molar-refractivity contribution in [2.24, 2.45) is 0 Å². The monoisotopic (exact) mass is 583 g/mol. The maximum atomic E-state index is 13.1. The molecule has 0 aliphatic carbocycles. The minimum atomic E-state index is -1.18. The van der Waals surface area contributed by atoms with Gasteiger partial charge in [-0.2, -0.15) is 0 Å². The van der Waals surface area contributed by atoms with Crippen LogP contribution >= 0.6 is 11.3 Å². The molecule has 2 atom stereocenters. The van der Waals surface area contributed by atoms with Gasteiger partial charge in [-0.3, -0.25) is 19.2 Å². The third kappa shape index (κ3) is 8.27. The van der Waals surface area contributed by atoms with Crippen LogP contribution in [0.5, 0.6) is 11.5 Å². The van der Waals surface area contributed by atoms with Gasteiger partial charge in [-0.15, -0.1) is 11.3 Å². The first-order chi connectivity index (χ1) is 19.8. The van der Waals surface area contributed by atoms with E-state index in [4.69, 9.17) is 18.9 Å². The summed E-state index contributed by atoms with van der Waals surface area (Å²) in [6, 6.07) is 13.2. The van der Waals surface area contributed by atoms with E-state index in [0.29, 0.717) is 33.2 Å². The van der Waals surface area contributed by atoms with E-state index in [0.717, 1.165) is 0 Å². The van der Waals surface area contributed by atoms with Crippen molar-refractivity contribution in [3.63, 3.8) is 0 Å². The number of methoxy groups -OCH3 is 2. The first-order valence-electron chi connectivity index (χ1n) is 12.9. The molecule has 2 amide bonds. The molecule has 218 valence electrons. The van der Waals surface area contributed by atoms with Crippen LogP contribution < -0.4 is 20.1 Å². The van der Waals surface area contributed by atoms with Crippen LogP contribution in [0, 0.1) is 0 Å². The number of hydrogen-bond acceptors (Lipinski definition) is 10. The summed E-state index contributed by atoms with van der Waals surface area (Å²) in [6.07, 6.45) is 0. The summed E-state index contributed by atoms with van der Waals surface area (Å²) >= 11 is 1.28. The SMILES string of the molecule is CCOC(=O)C(C(=O)NCc1ncsc1CNC(=O)C(C(=O)OCC)c1ccc(OC)cc1)c1ccc(OC)cc1. The van der Waals surface area contributed by atoms with Crippen molar-refractivity contribution in [2.75, 3.05) is 27.4 Å². The molecule has 2 unspecified atom stereocenters. The molecule has 0 saturated heterocycles. The number of ether oxygens (including phenoxy) is 4. The molecular formula is C29H33N3O8S. The zero-order valence-corrected chi connectivity index (χ0v) is 24.1. The van der Waals surface area contributed by atoms with E-state index >= 15 is 0 Å². The van der Waals surface area contributed by atoms with Crippen LogP contribution in [0.15, 0.2) is 54.0 Å². The first-order valence-corrected chi connectivity index (χ1v) is 13.8. The van der Waals surface area contributed by atoms with E-state index < -0.39 is 35.6 Å². The Bertz CT molecular complexity index is 1220. The molecule has 12 heteroatoms. The number of aromatic nitrogens is 1. The number of hydrogen-bond donors (Lipinski definition) is 2. The van der Waals surface area contributed by atoms with Crippen LogP contribution in [-0.4, -0.2) is 56.2 Å². The zero-order chi connectivity index (χ0) is 29.8. The Morgan fingerprint density at radius 2 is 1.17 bits per heavy atom. The number of esters is 2. The van der Waals surface area contributed by atoms with Crippen molar-refractivity contribution >= 4 is 35.1 Å². The lowest BCUT2D eigenvalue weighted by molar-refractivity contribution is -0.150. The third-order valence-electron chi connectivity index (χ3n) is 6.05. The Kier molecular flexibility index (Phi) is 11.6. The van der Waals surface area contributed by atoms with Gasteiger partial charge in [-0.1, -0.05) is 24.3 Å². The number of nitrogens with zero attached hydrogens (tertiary/aromatic N) is 1. The maximum absolute atomic E-state index is 13.1. The molecule has 2 N–H and O–H groups in total. The van der Waals surface area contributed by atoms with Gasteiger partial charge in [-0.25, -0.2) is 4.98 Å². The molecule has 3 aromatic rings. The largest absolute Gasteiger partial charge is 0.497 e. The summed E-state index contributed by atoms with van der Waals surface area (Å²) < 4.78 is 20.6. The highest BCUT2D eigenvalue weighted by Crippen LogP contribution is 2.24. The summed E-state index contributed by atoms with van der Waals surface area (Å²) in [5.74, 6) is -3.63. The van der Waals surface area contributed by atoms with Crippen LogP contribution in [0.4, 0.5) is 0 Å². The molecule has 0 bridgehead atoms. The van der Waals surface area contributed by atoms with Crippen molar-refractivity contribution in [1.29, 1.82) is 0 Å². The smallest absolute Gasteiger partial charge is 0.323 e. The second-order valence-electron chi connectivity index (χ2n) is 8.57. The Hall–Kier alpha value is -4.45. The van der Waals surface area contributed by atoms with E-state index in [1.54, 1.807) is 67.9 Å². The lowest BCUT2D eigenvalue weighted by Gasteiger charge is -2.17. The first kappa shape index (κ1) is 31.1. The van der Waals surface area contributed by atoms with Crippen LogP contribution in [0.2, 0.25) is 0 Å². The Labute approximate surface area is 242 Å². The number of carbonyl (C=O) groups is 4. The Morgan fingerprint density at radius 3 is 1.59 bits per heavy atom. The summed E-state index contributed by atoms with van der Waals surface area (Å²) in [7, 11) is 3.05. The van der Waals surface area contributed by atoms with E-state index in [2.05, 4.69) is 15.6 Å². The highest BCUT2D eigenvalue weighted by molar-refractivity contribution is 7.09. The molecule has 0 aliphatic heterocycles. The van der Waals surface area contributed by atoms with Gasteiger partial charge >= 0.3 is 11.9 Å². The second kappa shape index (κ2) is 15.4. The number of nitrogens with one attached hydrogen (secondary N) is 2. The lowest BCUT2D eigenvalue weighted by atomic mass is 9.98. The standard InChI is InChI=1S/C29H33N3O8S/c1-5-39-28(35)24(18-7-11-20(37-3)12-8-18)26(33)30-15-22-23(41-17-32-22)16-31-27(34)25(29(36)40-6-2)19-9-13-21(38-4)14-10-19/h7-14,17,24-25H,5-6,15-16H2,1-4H3,(H,30,33)(H,31,34). The number of rotatable bonds is 14. The van der Waals surface area contributed by atoms with Gasteiger partial charge in [0.2, 0.25) is 11.8 Å². The van der Waals surface area contributed by atoms with Crippen molar-refractivity contribution in [3.8, 4) is 11.5 Å². The van der Waals surface area contributed by atoms with Crippen LogP contribution in [0.25, 0.3) is 0 Å². The molecule has 0 radical (unpaired) electrons. The summed E-state index contributed by atoms with van der Waals surface area (Å²) in [6.45, 7) is 3.66. The molecular weight excluding hydrogens is 550 g/mol. The number of amides is 2. The van der Waals surface area contributed by atoms with Crippen LogP contribution in [0.3, 0.4) is 0 Å². The van der Waals surface area contributed by atoms with Crippen LogP contribution in [-0.2, 0) is 41.7 Å². The Morgan fingerprint density at radius 1 is 0.732 bits per heavy atom. The topological polar surface area (TPSA) is 142 Å². The van der Waals surface area contributed by atoms with E-state index in [1.165, 1.54) is 25.6 Å². The van der Waals surface area contributed by atoms with Crippen molar-refractivity contribution in [1.82, 2.24) is 15.6 Å². The fourth-order valence-electron chi connectivity index (χ4n) is 3.96. The second-order valence-corrected chi connectivity index (χ2v) is 9.51. The summed E-state index contributed by atoms with van der Waals surface area (Å²) in [5.41, 5.74) is 3.01. The quantitative estimate of drug-likeness (QED) is 0.216. The number of thiazole rings is 1. The molecule has 0 fully saturated rings. The van der Waals surface area contributed by atoms with Gasteiger partial charge in [0, 0.05) is 4.88 Å². The van der Waals surface area contributed by atoms with E-state index in [1.807, 2.05) is 0 Å². The average Bonchev–Trinajstić information content (AvgIpc) is 3.43. The molecule has 0 spiro atoms. The van der Waals surface area contributed by atoms with Crippen molar-refractivity contribution < 1.29 is 38.1 Å². The minimum absolute atomic E-state index is 0.0133. The van der Waals surface area contributed by atoms with Crippen molar-refractivity contribution in [2.45, 2.75) is 38.8 Å². The zero-order valence-electron chi connectivity index (χ0n) is 23.3. The Balaban J connectivity index is 1.69. The summed E-state index contributed by atoms with van der Waals surface area (Å²) in [4.78, 5) is 56.5. The molecule has 0 saturated carbocycles. The number of benzene rings is 2. The van der Waals surface area contributed by atoms with Crippen LogP contribution in [0.1, 0.15) is 47.4 Å². The fourth-order valence-corrected chi connectivity index (χ4v) is 4.68. The highest BCUT2D eigenvalue weighted by Gasteiger charge is 2.31. The van der Waals surface area contributed by atoms with Gasteiger partial charge in [0.15, 0.2) is 11.8 Å². The highest BCUT2D eigenvalue weighted by atomic mass is 32.1. The van der Waals surface area contributed by atoms with Gasteiger partial charge in [0.05, 0.1) is 51.7 Å². The summed E-state index contributed by atoms with van der Waals surface area (Å²) in [5, 5.41) is 5.52. The molecule has 1 heterocycles. The molecule has 3 rings (SSSR count). The average molecular weight is 584 g/mol. The third-order valence-corrected chi connectivity index (χ3v) is 6.92. The molecule has 41 heavy (non-hydrogen) atoms. The van der Waals surface area contributed by atoms with Crippen molar-refractivity contribution in [3.05, 3.63) is 75.7 Å². The van der Waals surface area contributed by atoms with E-state index in [-0.39, 0.29) is 26.3 Å². The predicted octanol–water partition coefficient (Wildman–Crippen LogP) is 3.09. The normalized spacial score (nSPS) is 12.0. The molecule has 11 nitrogen and oxygen atoms in total. The van der Waals surface area contributed by atoms with Gasteiger partial charge < -0.3 is 29.6 Å². The van der Waals surface area contributed by atoms with E-state index in [9.17, 15) is 19.2 Å². The number of carbonyl (C=O) groups excluding carboxylic acids is 4.